The molecule has 4 rings (SSSR count). The van der Waals surface area contributed by atoms with Crippen molar-refractivity contribution in [2.24, 2.45) is 0 Å². The summed E-state index contributed by atoms with van der Waals surface area (Å²) in [4.78, 5) is 27.5. The number of likely N-dealkylation sites (N-methyl/N-ethyl adjacent to an activating group) is 1. The molecule has 0 spiro atoms. The van der Waals surface area contributed by atoms with Crippen molar-refractivity contribution in [1.29, 1.82) is 0 Å². The fourth-order valence-corrected chi connectivity index (χ4v) is 3.25. The fraction of sp³-hybridized carbons (Fsp3) is 0.375. The maximum absolute atomic E-state index is 12.8. The molecule has 3 heterocycles. The molecule has 0 radical (unpaired) electrons. The van der Waals surface area contributed by atoms with Gasteiger partial charge in [-0.3, -0.25) is 4.79 Å². The summed E-state index contributed by atoms with van der Waals surface area (Å²) >= 11 is 0. The number of benzene rings is 1. The fourth-order valence-electron chi connectivity index (χ4n) is 3.25. The Labute approximate surface area is 138 Å². The highest BCUT2D eigenvalue weighted by molar-refractivity contribution is 5.93. The first-order valence-corrected chi connectivity index (χ1v) is 7.76. The molecule has 0 N–H and O–H groups in total. The van der Waals surface area contributed by atoms with Crippen molar-refractivity contribution >= 4 is 12.0 Å². The molecule has 1 aromatic heterocycles. The van der Waals surface area contributed by atoms with Gasteiger partial charge in [0.05, 0.1) is 24.0 Å². The first-order chi connectivity index (χ1) is 11.6. The minimum atomic E-state index is -0.330. The molecule has 2 aromatic rings. The van der Waals surface area contributed by atoms with E-state index in [2.05, 4.69) is 10.3 Å². The maximum Gasteiger partial charge on any atom is 0.410 e. The number of hydrogen-bond acceptors (Lipinski definition) is 5. The Morgan fingerprint density at radius 2 is 2.00 bits per heavy atom. The number of hydrogen-bond donors (Lipinski definition) is 0. The van der Waals surface area contributed by atoms with E-state index in [1.54, 1.807) is 21.5 Å². The first kappa shape index (κ1) is 14.7. The number of fused-ring (bicyclic) bond motifs is 1. The summed E-state index contributed by atoms with van der Waals surface area (Å²) in [6, 6.07) is 9.46. The largest absolute Gasteiger partial charge is 0.442 e. The van der Waals surface area contributed by atoms with Crippen molar-refractivity contribution in [2.75, 3.05) is 20.1 Å². The lowest BCUT2D eigenvalue weighted by Gasteiger charge is -2.18. The predicted octanol–water partition coefficient (Wildman–Crippen LogP) is 0.851. The monoisotopic (exact) mass is 327 g/mol. The van der Waals surface area contributed by atoms with Crippen molar-refractivity contribution < 1.29 is 14.3 Å². The van der Waals surface area contributed by atoms with E-state index in [-0.39, 0.29) is 24.1 Å². The van der Waals surface area contributed by atoms with Gasteiger partial charge in [-0.05, 0) is 19.1 Å². The number of para-hydroxylation sites is 1. The zero-order valence-corrected chi connectivity index (χ0v) is 13.4. The molecule has 2 atom stereocenters. The van der Waals surface area contributed by atoms with E-state index >= 15 is 0 Å². The molecule has 124 valence electrons. The highest BCUT2D eigenvalue weighted by Gasteiger charge is 2.47. The first-order valence-electron chi connectivity index (χ1n) is 7.76. The van der Waals surface area contributed by atoms with Crippen LogP contribution in [0.2, 0.25) is 0 Å². The SMILES string of the molecule is Cc1c(C(=O)N2C[C@@H]3OC(=O)N(C)[C@@H]3C2)nnn1-c1ccccc1. The average Bonchev–Trinajstić information content (AvgIpc) is 3.24. The molecule has 2 aliphatic rings. The molecule has 2 fully saturated rings. The average molecular weight is 327 g/mol. The highest BCUT2D eigenvalue weighted by atomic mass is 16.6. The van der Waals surface area contributed by atoms with Gasteiger partial charge < -0.3 is 14.5 Å². The number of rotatable bonds is 2. The molecule has 2 saturated heterocycles. The number of carbonyl (C=O) groups is 2. The zero-order chi connectivity index (χ0) is 16.8. The van der Waals surface area contributed by atoms with Crippen molar-refractivity contribution in [3.63, 3.8) is 0 Å². The molecule has 8 nitrogen and oxygen atoms in total. The summed E-state index contributed by atoms with van der Waals surface area (Å²) in [5.74, 6) is -0.187. The van der Waals surface area contributed by atoms with Crippen LogP contribution in [0.4, 0.5) is 4.79 Å². The van der Waals surface area contributed by atoms with Crippen LogP contribution in [0.15, 0.2) is 30.3 Å². The maximum atomic E-state index is 12.8. The number of carbonyl (C=O) groups excluding carboxylic acids is 2. The molecule has 0 aliphatic carbocycles. The lowest BCUT2D eigenvalue weighted by molar-refractivity contribution is 0.0726. The second kappa shape index (κ2) is 5.33. The molecule has 0 saturated carbocycles. The Kier molecular flexibility index (Phi) is 3.26. The van der Waals surface area contributed by atoms with Gasteiger partial charge in [-0.15, -0.1) is 5.10 Å². The van der Waals surface area contributed by atoms with Gasteiger partial charge in [-0.1, -0.05) is 23.4 Å². The Hall–Kier alpha value is -2.90. The van der Waals surface area contributed by atoms with Crippen LogP contribution in [-0.4, -0.2) is 69.1 Å². The molecule has 8 heteroatoms. The summed E-state index contributed by atoms with van der Waals surface area (Å²) in [5.41, 5.74) is 1.87. The van der Waals surface area contributed by atoms with E-state index in [0.29, 0.717) is 24.5 Å². The van der Waals surface area contributed by atoms with Gasteiger partial charge in [0.2, 0.25) is 0 Å². The number of aromatic nitrogens is 3. The van der Waals surface area contributed by atoms with E-state index in [1.165, 1.54) is 0 Å². The van der Waals surface area contributed by atoms with Crippen molar-refractivity contribution in [1.82, 2.24) is 24.8 Å². The smallest absolute Gasteiger partial charge is 0.410 e. The third kappa shape index (κ3) is 2.14. The van der Waals surface area contributed by atoms with E-state index in [4.69, 9.17) is 4.74 Å². The van der Waals surface area contributed by atoms with Gasteiger partial charge >= 0.3 is 6.09 Å². The van der Waals surface area contributed by atoms with E-state index < -0.39 is 0 Å². The van der Waals surface area contributed by atoms with Crippen molar-refractivity contribution in [2.45, 2.75) is 19.1 Å². The Morgan fingerprint density at radius 3 is 2.71 bits per heavy atom. The van der Waals surface area contributed by atoms with Crippen LogP contribution < -0.4 is 0 Å². The van der Waals surface area contributed by atoms with Crippen LogP contribution in [-0.2, 0) is 4.74 Å². The van der Waals surface area contributed by atoms with Gasteiger partial charge in [-0.25, -0.2) is 9.48 Å². The number of likely N-dealkylation sites (tertiary alicyclic amines) is 1. The third-order valence-electron chi connectivity index (χ3n) is 4.66. The molecule has 1 aromatic carbocycles. The van der Waals surface area contributed by atoms with Gasteiger partial charge in [0.15, 0.2) is 5.69 Å². The molecule has 0 unspecified atom stereocenters. The Bertz CT molecular complexity index is 803. The lowest BCUT2D eigenvalue weighted by atomic mass is 10.2. The van der Waals surface area contributed by atoms with Crippen LogP contribution in [0.25, 0.3) is 5.69 Å². The Balaban J connectivity index is 1.56. The van der Waals surface area contributed by atoms with Crippen molar-refractivity contribution in [3.05, 3.63) is 41.7 Å². The van der Waals surface area contributed by atoms with E-state index in [0.717, 1.165) is 5.69 Å². The van der Waals surface area contributed by atoms with Gasteiger partial charge in [0.25, 0.3) is 5.91 Å². The van der Waals surface area contributed by atoms with E-state index in [1.807, 2.05) is 37.3 Å². The molecular formula is C16H17N5O3. The van der Waals surface area contributed by atoms with Crippen LogP contribution in [0.5, 0.6) is 0 Å². The molecule has 2 aliphatic heterocycles. The van der Waals surface area contributed by atoms with E-state index in [9.17, 15) is 9.59 Å². The standard InChI is InChI=1S/C16H17N5O3/c1-10-14(17-18-21(10)11-6-4-3-5-7-11)15(22)20-8-12-13(9-20)24-16(23)19(12)2/h3-7,12-13H,8-9H2,1-2H3/t12-,13+/m1/s1. The quantitative estimate of drug-likeness (QED) is 0.817. The lowest BCUT2D eigenvalue weighted by Crippen LogP contribution is -2.37. The minimum Gasteiger partial charge on any atom is -0.442 e. The van der Waals surface area contributed by atoms with Gasteiger partial charge in [0.1, 0.15) is 6.10 Å². The predicted molar refractivity (Wildman–Crippen MR) is 83.8 cm³/mol. The number of amides is 2. The third-order valence-corrected chi connectivity index (χ3v) is 4.66. The number of ether oxygens (including phenoxy) is 1. The summed E-state index contributed by atoms with van der Waals surface area (Å²) in [5, 5.41) is 8.17. The van der Waals surface area contributed by atoms with Crippen LogP contribution in [0.3, 0.4) is 0 Å². The van der Waals surface area contributed by atoms with Gasteiger partial charge in [-0.2, -0.15) is 0 Å². The molecule has 0 bridgehead atoms. The molecular weight excluding hydrogens is 310 g/mol. The number of nitrogens with zero attached hydrogens (tertiary/aromatic N) is 5. The topological polar surface area (TPSA) is 80.6 Å². The minimum absolute atomic E-state index is 0.0917. The highest BCUT2D eigenvalue weighted by Crippen LogP contribution is 2.26. The second-order valence-electron chi connectivity index (χ2n) is 6.08. The van der Waals surface area contributed by atoms with Crippen LogP contribution in [0.1, 0.15) is 16.2 Å². The summed E-state index contributed by atoms with van der Waals surface area (Å²) < 4.78 is 6.92. The normalized spacial score (nSPS) is 22.7. The van der Waals surface area contributed by atoms with Crippen LogP contribution in [0, 0.1) is 6.92 Å². The molecule has 2 amide bonds. The Morgan fingerprint density at radius 1 is 1.25 bits per heavy atom. The zero-order valence-electron chi connectivity index (χ0n) is 13.4. The van der Waals surface area contributed by atoms with Crippen LogP contribution >= 0.6 is 0 Å². The summed E-state index contributed by atoms with van der Waals surface area (Å²) in [6.07, 6.45) is -0.598. The molecule has 24 heavy (non-hydrogen) atoms. The van der Waals surface area contributed by atoms with Gasteiger partial charge in [0, 0.05) is 13.6 Å². The van der Waals surface area contributed by atoms with Crippen molar-refractivity contribution in [3.8, 4) is 5.69 Å². The summed E-state index contributed by atoms with van der Waals surface area (Å²) in [7, 11) is 1.69. The second-order valence-corrected chi connectivity index (χ2v) is 6.08. The summed E-state index contributed by atoms with van der Waals surface area (Å²) in [6.45, 7) is 2.66.